The van der Waals surface area contributed by atoms with Crippen LogP contribution >= 0.6 is 0 Å². The number of ether oxygens (including phenoxy) is 1. The number of carboxylic acids is 1. The van der Waals surface area contributed by atoms with Crippen LogP contribution in [0, 0.1) is 0 Å². The van der Waals surface area contributed by atoms with Gasteiger partial charge in [0.25, 0.3) is 0 Å². The monoisotopic (exact) mass is 292 g/mol. The maximum absolute atomic E-state index is 12.2. The largest absolute Gasteiger partial charge is 0.478 e. The highest BCUT2D eigenvalue weighted by molar-refractivity contribution is 5.96. The van der Waals surface area contributed by atoms with Gasteiger partial charge in [0.2, 0.25) is 5.91 Å². The number of para-hydroxylation sites is 1. The summed E-state index contributed by atoms with van der Waals surface area (Å²) in [6.07, 6.45) is 0.852. The van der Waals surface area contributed by atoms with Gasteiger partial charge in [-0.1, -0.05) is 19.1 Å². The minimum atomic E-state index is -0.996. The van der Waals surface area contributed by atoms with Crippen LogP contribution in [-0.4, -0.2) is 49.3 Å². The average molecular weight is 292 g/mol. The second-order valence-electron chi connectivity index (χ2n) is 4.90. The van der Waals surface area contributed by atoms with Crippen LogP contribution in [-0.2, 0) is 9.53 Å². The minimum absolute atomic E-state index is 0.128. The van der Waals surface area contributed by atoms with Crippen LogP contribution in [0.2, 0.25) is 0 Å². The van der Waals surface area contributed by atoms with Crippen LogP contribution in [0.3, 0.4) is 0 Å². The molecule has 114 valence electrons. The lowest BCUT2D eigenvalue weighted by Gasteiger charge is -2.37. The van der Waals surface area contributed by atoms with Gasteiger partial charge < -0.3 is 20.1 Å². The van der Waals surface area contributed by atoms with E-state index in [2.05, 4.69) is 5.32 Å². The Hall–Kier alpha value is -2.08. The highest BCUT2D eigenvalue weighted by Gasteiger charge is 2.31. The molecule has 1 aliphatic heterocycles. The normalized spacial score (nSPS) is 18.3. The van der Waals surface area contributed by atoms with Crippen molar-refractivity contribution in [3.63, 3.8) is 0 Å². The van der Waals surface area contributed by atoms with Crippen molar-refractivity contribution >= 4 is 17.6 Å². The highest BCUT2D eigenvalue weighted by atomic mass is 16.5. The summed E-state index contributed by atoms with van der Waals surface area (Å²) in [5.41, 5.74) is 0.762. The van der Waals surface area contributed by atoms with E-state index in [4.69, 9.17) is 4.74 Å². The Labute approximate surface area is 123 Å². The topological polar surface area (TPSA) is 78.9 Å². The zero-order valence-electron chi connectivity index (χ0n) is 12.0. The van der Waals surface area contributed by atoms with Gasteiger partial charge in [-0.2, -0.15) is 0 Å². The van der Waals surface area contributed by atoms with Crippen molar-refractivity contribution in [2.45, 2.75) is 19.4 Å². The molecular formula is C15H20N2O4. The molecule has 1 atom stereocenters. The molecule has 21 heavy (non-hydrogen) atoms. The molecular weight excluding hydrogens is 272 g/mol. The van der Waals surface area contributed by atoms with Crippen molar-refractivity contribution < 1.29 is 19.4 Å². The summed E-state index contributed by atoms with van der Waals surface area (Å²) in [4.78, 5) is 25.4. The molecule has 1 unspecified atom stereocenters. The van der Waals surface area contributed by atoms with E-state index in [1.165, 1.54) is 0 Å². The highest BCUT2D eigenvalue weighted by Crippen LogP contribution is 2.24. The van der Waals surface area contributed by atoms with E-state index in [9.17, 15) is 14.7 Å². The minimum Gasteiger partial charge on any atom is -0.478 e. The molecule has 1 fully saturated rings. The Morgan fingerprint density at radius 3 is 2.90 bits per heavy atom. The van der Waals surface area contributed by atoms with E-state index in [0.29, 0.717) is 25.4 Å². The number of anilines is 1. The lowest BCUT2D eigenvalue weighted by molar-refractivity contribution is -0.124. The molecule has 1 aromatic rings. The number of nitrogens with one attached hydrogen (secondary N) is 1. The van der Waals surface area contributed by atoms with Gasteiger partial charge in [-0.05, 0) is 18.6 Å². The molecule has 1 aliphatic rings. The number of rotatable bonds is 5. The van der Waals surface area contributed by atoms with Crippen molar-refractivity contribution in [1.29, 1.82) is 0 Å². The first kappa shape index (κ1) is 15.3. The Morgan fingerprint density at radius 1 is 1.43 bits per heavy atom. The molecule has 6 nitrogen and oxygen atoms in total. The van der Waals surface area contributed by atoms with E-state index in [1.807, 2.05) is 11.8 Å². The van der Waals surface area contributed by atoms with Gasteiger partial charge in [-0.15, -0.1) is 0 Å². The summed E-state index contributed by atoms with van der Waals surface area (Å²) in [5.74, 6) is -1.12. The molecule has 1 aromatic carbocycles. The van der Waals surface area contributed by atoms with Crippen molar-refractivity contribution in [1.82, 2.24) is 5.32 Å². The molecule has 0 spiro atoms. The SMILES string of the molecule is CCCNC(=O)C1COCCN1c1ccccc1C(=O)O. The summed E-state index contributed by atoms with van der Waals surface area (Å²) in [7, 11) is 0. The van der Waals surface area contributed by atoms with Crippen LogP contribution < -0.4 is 10.2 Å². The molecule has 1 amide bonds. The van der Waals surface area contributed by atoms with Crippen LogP contribution in [0.25, 0.3) is 0 Å². The third-order valence-corrected chi connectivity index (χ3v) is 3.42. The number of carbonyl (C=O) groups is 2. The number of morpholine rings is 1. The predicted octanol–water partition coefficient (Wildman–Crippen LogP) is 1.12. The summed E-state index contributed by atoms with van der Waals surface area (Å²) < 4.78 is 5.39. The van der Waals surface area contributed by atoms with Gasteiger partial charge in [0.15, 0.2) is 0 Å². The second-order valence-corrected chi connectivity index (χ2v) is 4.90. The maximum Gasteiger partial charge on any atom is 0.337 e. The molecule has 0 radical (unpaired) electrons. The third kappa shape index (κ3) is 3.52. The summed E-state index contributed by atoms with van der Waals surface area (Å²) >= 11 is 0. The first-order valence-electron chi connectivity index (χ1n) is 7.09. The van der Waals surface area contributed by atoms with Crippen LogP contribution in [0.1, 0.15) is 23.7 Å². The van der Waals surface area contributed by atoms with Crippen molar-refractivity contribution in [2.24, 2.45) is 0 Å². The van der Waals surface area contributed by atoms with Gasteiger partial charge >= 0.3 is 5.97 Å². The van der Waals surface area contributed by atoms with Crippen LogP contribution in [0.15, 0.2) is 24.3 Å². The quantitative estimate of drug-likeness (QED) is 0.850. The standard InChI is InChI=1S/C15H20N2O4/c1-2-7-16-14(18)13-10-21-9-8-17(13)12-6-4-3-5-11(12)15(19)20/h3-6,13H,2,7-10H2,1H3,(H,16,18)(H,19,20). The fraction of sp³-hybridized carbons (Fsp3) is 0.467. The Bertz CT molecular complexity index is 518. The molecule has 1 heterocycles. The summed E-state index contributed by atoms with van der Waals surface area (Å²) in [6, 6.07) is 6.24. The van der Waals surface area contributed by atoms with Crippen LogP contribution in [0.5, 0.6) is 0 Å². The predicted molar refractivity (Wildman–Crippen MR) is 78.7 cm³/mol. The van der Waals surface area contributed by atoms with Gasteiger partial charge in [0.05, 0.1) is 24.5 Å². The number of benzene rings is 1. The Morgan fingerprint density at radius 2 is 2.19 bits per heavy atom. The first-order valence-corrected chi connectivity index (χ1v) is 7.09. The van der Waals surface area contributed by atoms with Crippen molar-refractivity contribution in [2.75, 3.05) is 31.2 Å². The van der Waals surface area contributed by atoms with E-state index in [-0.39, 0.29) is 18.1 Å². The zero-order valence-corrected chi connectivity index (χ0v) is 12.0. The number of hydrogen-bond donors (Lipinski definition) is 2. The van der Waals surface area contributed by atoms with E-state index >= 15 is 0 Å². The Balaban J connectivity index is 2.26. The molecule has 1 saturated heterocycles. The van der Waals surface area contributed by atoms with E-state index in [1.54, 1.807) is 24.3 Å². The van der Waals surface area contributed by atoms with Gasteiger partial charge in [0.1, 0.15) is 6.04 Å². The number of carbonyl (C=O) groups excluding carboxylic acids is 1. The smallest absolute Gasteiger partial charge is 0.337 e. The van der Waals surface area contributed by atoms with E-state index in [0.717, 1.165) is 6.42 Å². The second kappa shape index (κ2) is 7.08. The number of aromatic carboxylic acids is 1. The van der Waals surface area contributed by atoms with Crippen molar-refractivity contribution in [3.8, 4) is 0 Å². The number of nitrogens with zero attached hydrogens (tertiary/aromatic N) is 1. The molecule has 0 saturated carbocycles. The molecule has 0 bridgehead atoms. The van der Waals surface area contributed by atoms with E-state index < -0.39 is 12.0 Å². The van der Waals surface area contributed by atoms with Gasteiger partial charge in [-0.25, -0.2) is 4.79 Å². The van der Waals surface area contributed by atoms with Gasteiger partial charge in [-0.3, -0.25) is 4.79 Å². The fourth-order valence-electron chi connectivity index (χ4n) is 2.38. The zero-order chi connectivity index (χ0) is 15.2. The number of hydrogen-bond acceptors (Lipinski definition) is 4. The van der Waals surface area contributed by atoms with Gasteiger partial charge in [0, 0.05) is 13.1 Å². The molecule has 0 aliphatic carbocycles. The lowest BCUT2D eigenvalue weighted by Crippen LogP contribution is -2.54. The first-order chi connectivity index (χ1) is 10.1. The summed E-state index contributed by atoms with van der Waals surface area (Å²) in [6.45, 7) is 3.82. The Kier molecular flexibility index (Phi) is 5.16. The average Bonchev–Trinajstić information content (AvgIpc) is 2.52. The molecule has 2 N–H and O–H groups in total. The molecule has 2 rings (SSSR count). The number of amides is 1. The lowest BCUT2D eigenvalue weighted by atomic mass is 10.1. The third-order valence-electron chi connectivity index (χ3n) is 3.42. The molecule has 0 aromatic heterocycles. The summed E-state index contributed by atoms with van der Waals surface area (Å²) in [5, 5.41) is 12.1. The number of carboxylic acid groups (broad SMARTS) is 1. The van der Waals surface area contributed by atoms with Crippen LogP contribution in [0.4, 0.5) is 5.69 Å². The van der Waals surface area contributed by atoms with Crippen molar-refractivity contribution in [3.05, 3.63) is 29.8 Å². The maximum atomic E-state index is 12.2. The molecule has 6 heteroatoms. The fourth-order valence-corrected chi connectivity index (χ4v) is 2.38.